The zero-order valence-corrected chi connectivity index (χ0v) is 9.34. The second kappa shape index (κ2) is 3.80. The summed E-state index contributed by atoms with van der Waals surface area (Å²) in [7, 11) is 0. The van der Waals surface area contributed by atoms with Gasteiger partial charge in [0.2, 0.25) is 5.13 Å². The maximum Gasteiger partial charge on any atom is 0.349 e. The van der Waals surface area contributed by atoms with Gasteiger partial charge in [0.05, 0.1) is 17.4 Å². The van der Waals surface area contributed by atoms with Crippen LogP contribution in [0.25, 0.3) is 5.13 Å². The van der Waals surface area contributed by atoms with Gasteiger partial charge in [-0.15, -0.1) is 0 Å². The molecule has 0 unspecified atom stereocenters. The summed E-state index contributed by atoms with van der Waals surface area (Å²) >= 11 is 12.2. The Morgan fingerprint density at radius 1 is 1.53 bits per heavy atom. The van der Waals surface area contributed by atoms with Crippen LogP contribution in [0.15, 0.2) is 12.4 Å². The van der Waals surface area contributed by atoms with Crippen LogP contribution < -0.4 is 0 Å². The molecule has 2 heterocycles. The summed E-state index contributed by atoms with van der Waals surface area (Å²) in [5, 5.41) is 13.4. The molecule has 0 saturated heterocycles. The van der Waals surface area contributed by atoms with Crippen LogP contribution in [0.2, 0.25) is 10.2 Å². The Morgan fingerprint density at radius 2 is 2.27 bits per heavy atom. The highest BCUT2D eigenvalue weighted by Gasteiger charge is 2.16. The Balaban J connectivity index is 2.46. The second-order valence-electron chi connectivity index (χ2n) is 2.52. The van der Waals surface area contributed by atoms with Crippen molar-refractivity contribution in [1.29, 1.82) is 0 Å². The van der Waals surface area contributed by atoms with Crippen LogP contribution in [0.3, 0.4) is 0 Å². The summed E-state index contributed by atoms with van der Waals surface area (Å²) in [5.74, 6) is -1.11. The third kappa shape index (κ3) is 1.97. The molecule has 2 aromatic rings. The largest absolute Gasteiger partial charge is 0.477 e. The van der Waals surface area contributed by atoms with Crippen LogP contribution in [-0.4, -0.2) is 25.8 Å². The number of nitrogens with zero attached hydrogens (tertiary/aromatic N) is 3. The molecule has 0 radical (unpaired) electrons. The van der Waals surface area contributed by atoms with E-state index in [2.05, 4.69) is 10.1 Å². The Morgan fingerprint density at radius 3 is 2.73 bits per heavy atom. The first-order valence-electron chi connectivity index (χ1n) is 3.68. The van der Waals surface area contributed by atoms with Crippen molar-refractivity contribution in [2.24, 2.45) is 0 Å². The van der Waals surface area contributed by atoms with E-state index in [1.54, 1.807) is 0 Å². The molecule has 1 N–H and O–H groups in total. The number of halogens is 2. The van der Waals surface area contributed by atoms with Crippen LogP contribution in [0.1, 0.15) is 9.67 Å². The highest BCUT2D eigenvalue weighted by atomic mass is 35.5. The minimum atomic E-state index is -1.11. The molecular formula is C7H3Cl2N3O2S. The molecule has 15 heavy (non-hydrogen) atoms. The topological polar surface area (TPSA) is 68.0 Å². The van der Waals surface area contributed by atoms with Gasteiger partial charge in [0.25, 0.3) is 0 Å². The molecule has 0 saturated carbocycles. The van der Waals surface area contributed by atoms with E-state index in [0.29, 0.717) is 10.2 Å². The second-order valence-corrected chi connectivity index (χ2v) is 4.30. The molecule has 0 aromatic carbocycles. The van der Waals surface area contributed by atoms with E-state index >= 15 is 0 Å². The number of aromatic carboxylic acids is 1. The first-order chi connectivity index (χ1) is 7.08. The lowest BCUT2D eigenvalue weighted by atomic mass is 10.6. The lowest BCUT2D eigenvalue weighted by Crippen LogP contribution is -1.91. The maximum atomic E-state index is 10.7. The molecule has 0 atom stereocenters. The minimum Gasteiger partial charge on any atom is -0.477 e. The van der Waals surface area contributed by atoms with Crippen molar-refractivity contribution in [2.45, 2.75) is 0 Å². The lowest BCUT2D eigenvalue weighted by Gasteiger charge is -1.90. The van der Waals surface area contributed by atoms with Crippen LogP contribution in [0, 0.1) is 0 Å². The fourth-order valence-corrected chi connectivity index (χ4v) is 2.12. The number of hydrogen-bond acceptors (Lipinski definition) is 4. The number of thiazole rings is 1. The zero-order valence-electron chi connectivity index (χ0n) is 7.02. The quantitative estimate of drug-likeness (QED) is 0.903. The highest BCUT2D eigenvalue weighted by molar-refractivity contribution is 7.16. The Kier molecular flexibility index (Phi) is 2.64. The van der Waals surface area contributed by atoms with E-state index in [1.165, 1.54) is 17.1 Å². The van der Waals surface area contributed by atoms with Crippen molar-refractivity contribution in [1.82, 2.24) is 14.8 Å². The molecule has 78 valence electrons. The summed E-state index contributed by atoms with van der Waals surface area (Å²) in [6.07, 6.45) is 2.94. The third-order valence-electron chi connectivity index (χ3n) is 1.52. The Labute approximate surface area is 97.9 Å². The van der Waals surface area contributed by atoms with Crippen molar-refractivity contribution < 1.29 is 9.90 Å². The average Bonchev–Trinajstić information content (AvgIpc) is 2.71. The summed E-state index contributed by atoms with van der Waals surface area (Å²) in [5.41, 5.74) is 0. The molecule has 0 aliphatic heterocycles. The van der Waals surface area contributed by atoms with Crippen molar-refractivity contribution in [3.63, 3.8) is 0 Å². The van der Waals surface area contributed by atoms with Gasteiger partial charge in [-0.1, -0.05) is 34.5 Å². The molecule has 5 nitrogen and oxygen atoms in total. The molecule has 0 amide bonds. The van der Waals surface area contributed by atoms with Gasteiger partial charge >= 0.3 is 5.97 Å². The van der Waals surface area contributed by atoms with Gasteiger partial charge in [-0.2, -0.15) is 5.10 Å². The Bertz CT molecular complexity index is 522. The van der Waals surface area contributed by atoms with E-state index in [4.69, 9.17) is 28.3 Å². The molecule has 0 aliphatic carbocycles. The number of carboxylic acid groups (broad SMARTS) is 1. The minimum absolute atomic E-state index is 0.0155. The standard InChI is InChI=1S/C7H3Cl2N3O2S/c8-3-1-10-12(2-3)7-11-5(9)4(15-7)6(13)14/h1-2H,(H,13,14). The van der Waals surface area contributed by atoms with Gasteiger partial charge < -0.3 is 5.11 Å². The predicted molar refractivity (Wildman–Crippen MR) is 56.2 cm³/mol. The van der Waals surface area contributed by atoms with Gasteiger partial charge in [-0.3, -0.25) is 0 Å². The van der Waals surface area contributed by atoms with Crippen LogP contribution in [-0.2, 0) is 0 Å². The molecular weight excluding hydrogens is 261 g/mol. The molecule has 2 aromatic heterocycles. The first-order valence-corrected chi connectivity index (χ1v) is 5.25. The predicted octanol–water partition coefficient (Wildman–Crippen LogP) is 2.33. The van der Waals surface area contributed by atoms with Gasteiger partial charge in [-0.25, -0.2) is 14.5 Å². The molecule has 0 fully saturated rings. The summed E-state index contributed by atoms with van der Waals surface area (Å²) in [6, 6.07) is 0. The normalized spacial score (nSPS) is 10.5. The van der Waals surface area contributed by atoms with E-state index < -0.39 is 5.97 Å². The van der Waals surface area contributed by atoms with E-state index in [1.807, 2.05) is 0 Å². The van der Waals surface area contributed by atoms with Crippen LogP contribution >= 0.6 is 34.5 Å². The van der Waals surface area contributed by atoms with Gasteiger partial charge in [0.1, 0.15) is 0 Å². The summed E-state index contributed by atoms with van der Waals surface area (Å²) in [4.78, 5) is 14.5. The fourth-order valence-electron chi connectivity index (χ4n) is 0.926. The molecule has 8 heteroatoms. The van der Waals surface area contributed by atoms with Gasteiger partial charge in [0.15, 0.2) is 10.0 Å². The van der Waals surface area contributed by atoms with Crippen molar-refractivity contribution in [2.75, 3.05) is 0 Å². The number of aromatic nitrogens is 3. The SMILES string of the molecule is O=C(O)c1sc(-n2cc(Cl)cn2)nc1Cl. The number of carbonyl (C=O) groups is 1. The Hall–Kier alpha value is -1.11. The van der Waals surface area contributed by atoms with Crippen LogP contribution in [0.4, 0.5) is 0 Å². The third-order valence-corrected chi connectivity index (χ3v) is 3.13. The molecule has 0 bridgehead atoms. The van der Waals surface area contributed by atoms with E-state index in [0.717, 1.165) is 11.3 Å². The van der Waals surface area contributed by atoms with Gasteiger partial charge in [-0.05, 0) is 0 Å². The fraction of sp³-hybridized carbons (Fsp3) is 0. The monoisotopic (exact) mass is 263 g/mol. The molecule has 2 rings (SSSR count). The zero-order chi connectivity index (χ0) is 11.0. The number of carboxylic acids is 1. The summed E-state index contributed by atoms with van der Waals surface area (Å²) in [6.45, 7) is 0. The highest BCUT2D eigenvalue weighted by Crippen LogP contribution is 2.25. The van der Waals surface area contributed by atoms with Crippen molar-refractivity contribution in [3.05, 3.63) is 27.4 Å². The first kappa shape index (κ1) is 10.4. The smallest absolute Gasteiger partial charge is 0.349 e. The van der Waals surface area contributed by atoms with Crippen molar-refractivity contribution >= 4 is 40.5 Å². The van der Waals surface area contributed by atoms with Crippen molar-refractivity contribution in [3.8, 4) is 5.13 Å². The number of rotatable bonds is 2. The molecule has 0 aliphatic rings. The molecule has 0 spiro atoms. The van der Waals surface area contributed by atoms with Gasteiger partial charge in [0, 0.05) is 0 Å². The average molecular weight is 264 g/mol. The summed E-state index contributed by atoms with van der Waals surface area (Å²) < 4.78 is 1.37. The van der Waals surface area contributed by atoms with E-state index in [-0.39, 0.29) is 10.0 Å². The maximum absolute atomic E-state index is 10.7. The van der Waals surface area contributed by atoms with E-state index in [9.17, 15) is 4.79 Å². The van der Waals surface area contributed by atoms with Crippen LogP contribution in [0.5, 0.6) is 0 Å². The lowest BCUT2D eigenvalue weighted by molar-refractivity contribution is 0.0702. The number of hydrogen-bond donors (Lipinski definition) is 1.